The van der Waals surface area contributed by atoms with Gasteiger partial charge in [-0.15, -0.1) is 0 Å². The van der Waals surface area contributed by atoms with Gasteiger partial charge in [0.1, 0.15) is 11.5 Å². The normalized spacial score (nSPS) is 13.4. The van der Waals surface area contributed by atoms with Gasteiger partial charge in [0.2, 0.25) is 5.88 Å². The molecule has 0 atom stereocenters. The van der Waals surface area contributed by atoms with Crippen molar-refractivity contribution in [3.8, 4) is 11.6 Å². The number of hydrogen-bond donors (Lipinski definition) is 2. The Morgan fingerprint density at radius 3 is 2.89 bits per heavy atom. The van der Waals surface area contributed by atoms with E-state index in [2.05, 4.69) is 20.5 Å². The molecular formula is C19H16F2N4O2. The van der Waals surface area contributed by atoms with E-state index in [1.54, 1.807) is 18.2 Å². The van der Waals surface area contributed by atoms with Crippen molar-refractivity contribution in [1.82, 2.24) is 20.5 Å². The van der Waals surface area contributed by atoms with Gasteiger partial charge in [-0.25, -0.2) is 13.8 Å². The topological polar surface area (TPSA) is 79.9 Å². The Balaban J connectivity index is 1.45. The minimum Gasteiger partial charge on any atom is -0.436 e. The van der Waals surface area contributed by atoms with Gasteiger partial charge in [0.05, 0.1) is 0 Å². The minimum absolute atomic E-state index is 0.121. The van der Waals surface area contributed by atoms with Gasteiger partial charge in [-0.05, 0) is 37.1 Å². The molecule has 27 heavy (non-hydrogen) atoms. The van der Waals surface area contributed by atoms with Crippen LogP contribution in [0.4, 0.5) is 8.78 Å². The Morgan fingerprint density at radius 1 is 1.26 bits per heavy atom. The van der Waals surface area contributed by atoms with Crippen molar-refractivity contribution in [2.24, 2.45) is 0 Å². The fourth-order valence-corrected chi connectivity index (χ4v) is 2.64. The third kappa shape index (κ3) is 3.94. The van der Waals surface area contributed by atoms with Gasteiger partial charge in [-0.3, -0.25) is 9.89 Å². The van der Waals surface area contributed by atoms with E-state index in [4.69, 9.17) is 4.74 Å². The lowest BCUT2D eigenvalue weighted by molar-refractivity contribution is 0.0945. The second kappa shape index (κ2) is 7.14. The van der Waals surface area contributed by atoms with E-state index in [0.29, 0.717) is 17.2 Å². The molecule has 138 valence electrons. The van der Waals surface area contributed by atoms with Crippen LogP contribution in [0.15, 0.2) is 42.6 Å². The van der Waals surface area contributed by atoms with Gasteiger partial charge in [0.15, 0.2) is 11.6 Å². The SMILES string of the molecule is O=C(NCc1cccnc1Oc1ccc(F)cc1F)c1cc(C2CC2)[nH]n1. The quantitative estimate of drug-likeness (QED) is 0.694. The number of nitrogens with one attached hydrogen (secondary N) is 2. The number of halogens is 2. The Morgan fingerprint density at radius 2 is 2.11 bits per heavy atom. The van der Waals surface area contributed by atoms with Crippen molar-refractivity contribution in [3.05, 3.63) is 71.2 Å². The van der Waals surface area contributed by atoms with Crippen LogP contribution in [0.5, 0.6) is 11.6 Å². The van der Waals surface area contributed by atoms with Crippen LogP contribution in [-0.2, 0) is 6.54 Å². The number of carbonyl (C=O) groups excluding carboxylic acids is 1. The number of nitrogens with zero attached hydrogens (tertiary/aromatic N) is 2. The van der Waals surface area contributed by atoms with E-state index in [1.807, 2.05) is 0 Å². The van der Waals surface area contributed by atoms with Crippen LogP contribution in [0.1, 0.15) is 40.5 Å². The molecule has 1 amide bonds. The van der Waals surface area contributed by atoms with Crippen LogP contribution in [0.25, 0.3) is 0 Å². The molecule has 0 spiro atoms. The van der Waals surface area contributed by atoms with Crippen LogP contribution >= 0.6 is 0 Å². The van der Waals surface area contributed by atoms with Gasteiger partial charge in [-0.1, -0.05) is 6.07 Å². The first kappa shape index (κ1) is 17.1. The number of H-pyrrole nitrogens is 1. The molecule has 0 unspecified atom stereocenters. The largest absolute Gasteiger partial charge is 0.436 e. The van der Waals surface area contributed by atoms with E-state index in [0.717, 1.165) is 30.7 Å². The van der Waals surface area contributed by atoms with Crippen molar-refractivity contribution in [3.63, 3.8) is 0 Å². The molecule has 2 N–H and O–H groups in total. The number of rotatable bonds is 6. The number of pyridine rings is 1. The van der Waals surface area contributed by atoms with Crippen LogP contribution < -0.4 is 10.1 Å². The molecule has 2 aromatic heterocycles. The number of ether oxygens (including phenoxy) is 1. The summed E-state index contributed by atoms with van der Waals surface area (Å²) in [6, 6.07) is 8.14. The van der Waals surface area contributed by atoms with Crippen LogP contribution in [0.3, 0.4) is 0 Å². The zero-order valence-corrected chi connectivity index (χ0v) is 14.2. The lowest BCUT2D eigenvalue weighted by Crippen LogP contribution is -2.23. The maximum atomic E-state index is 13.8. The van der Waals surface area contributed by atoms with Crippen LogP contribution in [-0.4, -0.2) is 21.1 Å². The Labute approximate surface area is 153 Å². The molecule has 6 nitrogen and oxygen atoms in total. The molecule has 1 saturated carbocycles. The highest BCUT2D eigenvalue weighted by Gasteiger charge is 2.26. The van der Waals surface area contributed by atoms with Gasteiger partial charge in [0, 0.05) is 36.0 Å². The van der Waals surface area contributed by atoms with Crippen molar-refractivity contribution < 1.29 is 18.3 Å². The van der Waals surface area contributed by atoms with E-state index in [9.17, 15) is 13.6 Å². The number of hydrogen-bond acceptors (Lipinski definition) is 4. The number of benzene rings is 1. The molecule has 3 aromatic rings. The van der Waals surface area contributed by atoms with Crippen molar-refractivity contribution in [2.75, 3.05) is 0 Å². The summed E-state index contributed by atoms with van der Waals surface area (Å²) >= 11 is 0. The average Bonchev–Trinajstić information content (AvgIpc) is 3.39. The van der Waals surface area contributed by atoms with E-state index in [-0.39, 0.29) is 24.1 Å². The molecule has 0 radical (unpaired) electrons. The molecular weight excluding hydrogens is 354 g/mol. The van der Waals surface area contributed by atoms with Gasteiger partial charge < -0.3 is 10.1 Å². The highest BCUT2D eigenvalue weighted by atomic mass is 19.1. The number of carbonyl (C=O) groups is 1. The molecule has 1 aliphatic rings. The fraction of sp³-hybridized carbons (Fsp3) is 0.211. The molecule has 0 aliphatic heterocycles. The zero-order valence-electron chi connectivity index (χ0n) is 14.2. The lowest BCUT2D eigenvalue weighted by Gasteiger charge is -2.11. The first-order valence-electron chi connectivity index (χ1n) is 8.50. The first-order chi connectivity index (χ1) is 13.1. The van der Waals surface area contributed by atoms with Gasteiger partial charge in [0.25, 0.3) is 5.91 Å². The summed E-state index contributed by atoms with van der Waals surface area (Å²) in [6.45, 7) is 0.121. The first-order valence-corrected chi connectivity index (χ1v) is 8.50. The van der Waals surface area contributed by atoms with Crippen LogP contribution in [0, 0.1) is 11.6 Å². The Kier molecular flexibility index (Phi) is 4.53. The molecule has 4 rings (SSSR count). The molecule has 0 saturated heterocycles. The Hall–Kier alpha value is -3.29. The molecule has 1 aromatic carbocycles. The second-order valence-corrected chi connectivity index (χ2v) is 6.31. The molecule has 1 fully saturated rings. The number of aromatic amines is 1. The molecule has 2 heterocycles. The summed E-state index contributed by atoms with van der Waals surface area (Å²) in [5, 5.41) is 9.65. The highest BCUT2D eigenvalue weighted by Crippen LogP contribution is 2.39. The molecule has 8 heteroatoms. The van der Waals surface area contributed by atoms with Gasteiger partial charge in [-0.2, -0.15) is 5.10 Å². The predicted octanol–water partition coefficient (Wildman–Crippen LogP) is 3.68. The molecule has 1 aliphatic carbocycles. The van der Waals surface area contributed by atoms with Crippen molar-refractivity contribution in [1.29, 1.82) is 0 Å². The maximum Gasteiger partial charge on any atom is 0.272 e. The highest BCUT2D eigenvalue weighted by molar-refractivity contribution is 5.92. The number of amides is 1. The summed E-state index contributed by atoms with van der Waals surface area (Å²) in [7, 11) is 0. The van der Waals surface area contributed by atoms with Crippen LogP contribution in [0.2, 0.25) is 0 Å². The monoisotopic (exact) mass is 370 g/mol. The predicted molar refractivity (Wildman–Crippen MR) is 92.4 cm³/mol. The summed E-state index contributed by atoms with van der Waals surface area (Å²) in [6.07, 6.45) is 3.71. The average molecular weight is 370 g/mol. The van der Waals surface area contributed by atoms with E-state index < -0.39 is 11.6 Å². The maximum absolute atomic E-state index is 13.8. The third-order valence-electron chi connectivity index (χ3n) is 4.24. The smallest absolute Gasteiger partial charge is 0.272 e. The van der Waals surface area contributed by atoms with E-state index in [1.165, 1.54) is 12.3 Å². The van der Waals surface area contributed by atoms with E-state index >= 15 is 0 Å². The summed E-state index contributed by atoms with van der Waals surface area (Å²) < 4.78 is 32.3. The third-order valence-corrected chi connectivity index (χ3v) is 4.24. The minimum atomic E-state index is -0.834. The van der Waals surface area contributed by atoms with Gasteiger partial charge >= 0.3 is 0 Å². The fourth-order valence-electron chi connectivity index (χ4n) is 2.64. The van der Waals surface area contributed by atoms with Crippen molar-refractivity contribution >= 4 is 5.91 Å². The summed E-state index contributed by atoms with van der Waals surface area (Å²) in [4.78, 5) is 16.3. The summed E-state index contributed by atoms with van der Waals surface area (Å²) in [5.41, 5.74) is 1.83. The Bertz CT molecular complexity index is 985. The second-order valence-electron chi connectivity index (χ2n) is 6.31. The standard InChI is InChI=1S/C19H16F2N4O2/c20-13-5-6-17(14(21)8-13)27-19-12(2-1-7-22-19)10-23-18(26)16-9-15(24-25-16)11-3-4-11/h1-2,5-9,11H,3-4,10H2,(H,23,26)(H,24,25). The zero-order chi connectivity index (χ0) is 18.8. The molecule has 0 bridgehead atoms. The lowest BCUT2D eigenvalue weighted by atomic mass is 10.2. The number of aromatic nitrogens is 3. The van der Waals surface area contributed by atoms with Crippen molar-refractivity contribution in [2.45, 2.75) is 25.3 Å². The summed E-state index contributed by atoms with van der Waals surface area (Å²) in [5.74, 6) is -1.41.